The number of ether oxygens (including phenoxy) is 1. The Morgan fingerprint density at radius 3 is 2.57 bits per heavy atom. The number of nitrogens with one attached hydrogen (secondary N) is 1. The van der Waals surface area contributed by atoms with Crippen LogP contribution in [0.3, 0.4) is 0 Å². The summed E-state index contributed by atoms with van der Waals surface area (Å²) in [7, 11) is 0. The zero-order chi connectivity index (χ0) is 15.5. The molecule has 0 unspecified atom stereocenters. The molecule has 0 bridgehead atoms. The molecule has 0 aliphatic heterocycles. The van der Waals surface area contributed by atoms with E-state index in [4.69, 9.17) is 0 Å². The van der Waals surface area contributed by atoms with Crippen molar-refractivity contribution in [1.29, 1.82) is 0 Å². The molecular formula is C11H8F3N3O4. The van der Waals surface area contributed by atoms with E-state index in [1.807, 2.05) is 0 Å². The van der Waals surface area contributed by atoms with Gasteiger partial charge >= 0.3 is 6.36 Å². The minimum absolute atomic E-state index is 0.265. The van der Waals surface area contributed by atoms with Gasteiger partial charge in [0.1, 0.15) is 11.7 Å². The van der Waals surface area contributed by atoms with Crippen LogP contribution in [0, 0.1) is 0 Å². The fraction of sp³-hybridized carbons (Fsp3) is 0.182. The average molecular weight is 303 g/mol. The standard InChI is InChI=1S/C11H8F3N3O4/c12-11(13,14)20-8-3-1-7(2-4-8)15-9(18)5-17-6-10(19)21-16-17/h1-4,6H,5H2,(H-,15,16,18,19). The van der Waals surface area contributed by atoms with Crippen LogP contribution in [-0.2, 0) is 11.3 Å². The van der Waals surface area contributed by atoms with Gasteiger partial charge in [-0.15, -0.1) is 13.2 Å². The summed E-state index contributed by atoms with van der Waals surface area (Å²) in [4.78, 5) is 11.6. The predicted molar refractivity (Wildman–Crippen MR) is 57.9 cm³/mol. The van der Waals surface area contributed by atoms with Gasteiger partial charge in [0.15, 0.2) is 0 Å². The maximum absolute atomic E-state index is 12.0. The number of rotatable bonds is 4. The van der Waals surface area contributed by atoms with Crippen LogP contribution >= 0.6 is 0 Å². The number of amides is 1. The molecule has 112 valence electrons. The van der Waals surface area contributed by atoms with E-state index in [1.165, 1.54) is 12.1 Å². The second kappa shape index (κ2) is 5.69. The number of halogens is 3. The highest BCUT2D eigenvalue weighted by atomic mass is 19.4. The molecule has 0 radical (unpaired) electrons. The third-order valence-corrected chi connectivity index (χ3v) is 2.17. The molecule has 0 saturated carbocycles. The van der Waals surface area contributed by atoms with E-state index in [2.05, 4.69) is 19.8 Å². The van der Waals surface area contributed by atoms with Gasteiger partial charge in [-0.3, -0.25) is 4.79 Å². The molecule has 0 fully saturated rings. The molecule has 0 aliphatic rings. The van der Waals surface area contributed by atoms with Gasteiger partial charge in [-0.25, -0.2) is 0 Å². The number of hydrogen-bond donors (Lipinski definition) is 1. The van der Waals surface area contributed by atoms with E-state index in [-0.39, 0.29) is 12.2 Å². The lowest BCUT2D eigenvalue weighted by atomic mass is 10.3. The maximum Gasteiger partial charge on any atom is 0.573 e. The smallest absolute Gasteiger partial charge is 0.539 e. The largest absolute Gasteiger partial charge is 0.573 e. The molecular weight excluding hydrogens is 295 g/mol. The summed E-state index contributed by atoms with van der Waals surface area (Å²) >= 11 is 0. The van der Waals surface area contributed by atoms with Gasteiger partial charge in [0.05, 0.1) is 5.27 Å². The minimum atomic E-state index is -4.77. The zero-order valence-electron chi connectivity index (χ0n) is 10.3. The molecule has 1 aromatic heterocycles. The topological polar surface area (TPSA) is 91.3 Å². The van der Waals surface area contributed by atoms with Crippen molar-refractivity contribution in [3.05, 3.63) is 30.5 Å². The fourth-order valence-electron chi connectivity index (χ4n) is 1.42. The monoisotopic (exact) mass is 303 g/mol. The van der Waals surface area contributed by atoms with Gasteiger partial charge in [0.2, 0.25) is 6.20 Å². The Bertz CT molecular complexity index is 624. The Morgan fingerprint density at radius 1 is 1.38 bits per heavy atom. The number of hydrogen-bond acceptors (Lipinski definition) is 5. The molecule has 1 heterocycles. The molecule has 21 heavy (non-hydrogen) atoms. The van der Waals surface area contributed by atoms with E-state index in [0.29, 0.717) is 0 Å². The molecule has 10 heteroatoms. The van der Waals surface area contributed by atoms with Crippen molar-refractivity contribution in [1.82, 2.24) is 5.27 Å². The van der Waals surface area contributed by atoms with E-state index in [0.717, 1.165) is 23.0 Å². The first-order valence-electron chi connectivity index (χ1n) is 5.51. The summed E-state index contributed by atoms with van der Waals surface area (Å²) < 4.78 is 44.8. The Labute approximate surface area is 115 Å². The van der Waals surface area contributed by atoms with Gasteiger partial charge in [0, 0.05) is 5.69 Å². The first kappa shape index (κ1) is 14.6. The number of aromatic nitrogens is 2. The van der Waals surface area contributed by atoms with Gasteiger partial charge in [-0.1, -0.05) is 4.68 Å². The minimum Gasteiger partial charge on any atom is -0.539 e. The Hall–Kier alpha value is -2.78. The van der Waals surface area contributed by atoms with E-state index in [9.17, 15) is 23.1 Å². The second-order valence-corrected chi connectivity index (χ2v) is 3.84. The summed E-state index contributed by atoms with van der Waals surface area (Å²) in [5.74, 6) is -1.63. The highest BCUT2D eigenvalue weighted by Crippen LogP contribution is 2.23. The maximum atomic E-state index is 12.0. The fourth-order valence-corrected chi connectivity index (χ4v) is 1.42. The van der Waals surface area contributed by atoms with Crippen molar-refractivity contribution >= 4 is 11.6 Å². The number of nitrogens with zero attached hydrogens (tertiary/aromatic N) is 2. The molecule has 1 aromatic carbocycles. The lowest BCUT2D eigenvalue weighted by molar-refractivity contribution is -0.750. The van der Waals surface area contributed by atoms with Crippen LogP contribution in [0.25, 0.3) is 0 Å². The van der Waals surface area contributed by atoms with E-state index >= 15 is 0 Å². The molecule has 2 rings (SSSR count). The molecule has 0 aliphatic carbocycles. The molecule has 0 saturated heterocycles. The molecule has 7 nitrogen and oxygen atoms in total. The van der Waals surface area contributed by atoms with Crippen molar-refractivity contribution in [2.24, 2.45) is 0 Å². The lowest BCUT2D eigenvalue weighted by Gasteiger charge is -2.09. The van der Waals surface area contributed by atoms with Crippen LogP contribution in [0.4, 0.5) is 18.9 Å². The number of alkyl halides is 3. The zero-order valence-corrected chi connectivity index (χ0v) is 10.3. The SMILES string of the molecule is O=C(C[n+]1cc([O-])on1)Nc1ccc(OC(F)(F)F)cc1. The third kappa shape index (κ3) is 4.67. The van der Waals surface area contributed by atoms with E-state index in [1.54, 1.807) is 0 Å². The highest BCUT2D eigenvalue weighted by Gasteiger charge is 2.30. The van der Waals surface area contributed by atoms with Crippen molar-refractivity contribution in [2.75, 3.05) is 5.32 Å². The van der Waals surface area contributed by atoms with Crippen molar-refractivity contribution < 1.29 is 37.0 Å². The number of carbonyl (C=O) groups excluding carboxylic acids is 1. The van der Waals surface area contributed by atoms with E-state index < -0.39 is 24.0 Å². The van der Waals surface area contributed by atoms with Crippen molar-refractivity contribution in [3.8, 4) is 11.7 Å². The van der Waals surface area contributed by atoms with Gasteiger partial charge in [-0.05, 0) is 24.3 Å². The molecule has 0 atom stereocenters. The Kier molecular flexibility index (Phi) is 3.96. The highest BCUT2D eigenvalue weighted by molar-refractivity contribution is 5.89. The number of anilines is 1. The summed E-state index contributed by atoms with van der Waals surface area (Å²) in [6.07, 6.45) is -3.79. The predicted octanol–water partition coefficient (Wildman–Crippen LogP) is 0.573. The Balaban J connectivity index is 1.92. The average Bonchev–Trinajstić information content (AvgIpc) is 2.75. The van der Waals surface area contributed by atoms with Crippen molar-refractivity contribution in [3.63, 3.8) is 0 Å². The Morgan fingerprint density at radius 2 is 2.05 bits per heavy atom. The quantitative estimate of drug-likeness (QED) is 0.834. The molecule has 1 N–H and O–H groups in total. The van der Waals surface area contributed by atoms with Crippen LogP contribution in [0.1, 0.15) is 0 Å². The van der Waals surface area contributed by atoms with Crippen LogP contribution < -0.4 is 19.8 Å². The van der Waals surface area contributed by atoms with Crippen LogP contribution in [-0.4, -0.2) is 17.5 Å². The van der Waals surface area contributed by atoms with Crippen LogP contribution in [0.2, 0.25) is 0 Å². The summed E-state index contributed by atoms with van der Waals surface area (Å²) in [6, 6.07) is 4.60. The summed E-state index contributed by atoms with van der Waals surface area (Å²) in [5.41, 5.74) is 0.265. The first-order chi connectivity index (χ1) is 9.82. The normalized spacial score (nSPS) is 11.2. The first-order valence-corrected chi connectivity index (χ1v) is 5.51. The van der Waals surface area contributed by atoms with Crippen LogP contribution in [0.15, 0.2) is 35.0 Å². The van der Waals surface area contributed by atoms with Gasteiger partial charge < -0.3 is 19.7 Å². The lowest BCUT2D eigenvalue weighted by Crippen LogP contribution is -2.41. The molecule has 0 spiro atoms. The molecule has 2 aromatic rings. The third-order valence-electron chi connectivity index (χ3n) is 2.17. The number of benzene rings is 1. The number of carbonyl (C=O) groups is 1. The summed E-state index contributed by atoms with van der Waals surface area (Å²) in [5, 5.41) is 16.4. The van der Waals surface area contributed by atoms with Gasteiger partial charge in [-0.2, -0.15) is 0 Å². The van der Waals surface area contributed by atoms with Crippen molar-refractivity contribution in [2.45, 2.75) is 12.9 Å². The summed E-state index contributed by atoms with van der Waals surface area (Å²) in [6.45, 7) is -0.271. The van der Waals surface area contributed by atoms with Gasteiger partial charge in [0.25, 0.3) is 12.5 Å². The second-order valence-electron chi connectivity index (χ2n) is 3.84. The molecule has 1 amide bonds. The van der Waals surface area contributed by atoms with Crippen LogP contribution in [0.5, 0.6) is 11.7 Å².